The van der Waals surface area contributed by atoms with Crippen LogP contribution in [0.2, 0.25) is 0 Å². The van der Waals surface area contributed by atoms with Crippen molar-refractivity contribution in [3.63, 3.8) is 0 Å². The van der Waals surface area contributed by atoms with Crippen molar-refractivity contribution >= 4 is 11.3 Å². The number of nitrogens with one attached hydrogen (secondary N) is 1. The molecule has 1 aromatic carbocycles. The average Bonchev–Trinajstić information content (AvgIpc) is 2.83. The maximum atomic E-state index is 13.7. The van der Waals surface area contributed by atoms with Crippen LogP contribution in [0, 0.1) is 12.7 Å². The van der Waals surface area contributed by atoms with E-state index < -0.39 is 0 Å². The minimum Gasteiger partial charge on any atom is -0.494 e. The zero-order chi connectivity index (χ0) is 14.5. The van der Waals surface area contributed by atoms with Gasteiger partial charge in [-0.15, -0.1) is 11.3 Å². The Bertz CT molecular complexity index is 571. The van der Waals surface area contributed by atoms with Crippen LogP contribution < -0.4 is 10.1 Å². The molecule has 0 saturated carbocycles. The van der Waals surface area contributed by atoms with Crippen molar-refractivity contribution in [3.8, 4) is 5.75 Å². The number of likely N-dealkylation sites (N-methyl/N-ethyl adjacent to an activating group) is 1. The number of methoxy groups -OCH3 is 1. The molecule has 0 aliphatic heterocycles. The third-order valence-corrected chi connectivity index (χ3v) is 4.05. The van der Waals surface area contributed by atoms with E-state index in [-0.39, 0.29) is 17.6 Å². The van der Waals surface area contributed by atoms with Crippen molar-refractivity contribution in [1.29, 1.82) is 0 Å². The van der Waals surface area contributed by atoms with Crippen LogP contribution in [0.25, 0.3) is 0 Å². The Hall–Kier alpha value is -1.46. The van der Waals surface area contributed by atoms with Gasteiger partial charge in [0.2, 0.25) is 0 Å². The molecule has 0 aliphatic rings. The van der Waals surface area contributed by atoms with Gasteiger partial charge >= 0.3 is 0 Å². The van der Waals surface area contributed by atoms with E-state index in [4.69, 9.17) is 4.74 Å². The molecular weight excluding hydrogens is 275 g/mol. The molecule has 0 amide bonds. The molecule has 2 aromatic rings. The van der Waals surface area contributed by atoms with Gasteiger partial charge < -0.3 is 10.1 Å². The van der Waals surface area contributed by atoms with Gasteiger partial charge in [-0.2, -0.15) is 0 Å². The molecule has 1 N–H and O–H groups in total. The van der Waals surface area contributed by atoms with Crippen LogP contribution in [-0.4, -0.2) is 25.2 Å². The molecule has 108 valence electrons. The molecule has 0 aliphatic carbocycles. The fourth-order valence-electron chi connectivity index (χ4n) is 2.15. The largest absolute Gasteiger partial charge is 0.494 e. The van der Waals surface area contributed by atoms with Gasteiger partial charge in [0.15, 0.2) is 11.6 Å². The highest BCUT2D eigenvalue weighted by Crippen LogP contribution is 2.19. The molecule has 0 bridgehead atoms. The lowest BCUT2D eigenvalue weighted by atomic mass is 10.0. The summed E-state index contributed by atoms with van der Waals surface area (Å²) in [6.45, 7) is 2.00. The number of benzene rings is 1. The molecule has 3 nitrogen and oxygen atoms in total. The van der Waals surface area contributed by atoms with Gasteiger partial charge in [0.05, 0.1) is 17.8 Å². The van der Waals surface area contributed by atoms with Gasteiger partial charge in [0.25, 0.3) is 0 Å². The minimum atomic E-state index is -0.315. The molecule has 5 heteroatoms. The van der Waals surface area contributed by atoms with Crippen molar-refractivity contribution in [1.82, 2.24) is 10.3 Å². The van der Waals surface area contributed by atoms with Crippen LogP contribution in [0.4, 0.5) is 4.39 Å². The minimum absolute atomic E-state index is 0.240. The van der Waals surface area contributed by atoms with E-state index in [1.807, 2.05) is 20.0 Å². The zero-order valence-electron chi connectivity index (χ0n) is 11.9. The predicted molar refractivity (Wildman–Crippen MR) is 80.1 cm³/mol. The molecule has 1 unspecified atom stereocenters. The summed E-state index contributed by atoms with van der Waals surface area (Å²) in [4.78, 5) is 4.47. The molecule has 2 rings (SSSR count). The summed E-state index contributed by atoms with van der Waals surface area (Å²) < 4.78 is 18.6. The van der Waals surface area contributed by atoms with Crippen molar-refractivity contribution in [2.45, 2.75) is 25.8 Å². The molecule has 20 heavy (non-hydrogen) atoms. The summed E-state index contributed by atoms with van der Waals surface area (Å²) in [5.74, 6) is -0.0331. The van der Waals surface area contributed by atoms with Gasteiger partial charge in [0, 0.05) is 17.8 Å². The number of aromatic nitrogens is 1. The van der Waals surface area contributed by atoms with Gasteiger partial charge in [-0.1, -0.05) is 6.07 Å². The summed E-state index contributed by atoms with van der Waals surface area (Å²) in [5, 5.41) is 6.42. The number of aryl methyl sites for hydroxylation is 1. The Kier molecular flexibility index (Phi) is 5.09. The first-order valence-corrected chi connectivity index (χ1v) is 7.41. The smallest absolute Gasteiger partial charge is 0.165 e. The summed E-state index contributed by atoms with van der Waals surface area (Å²) >= 11 is 1.66. The Balaban J connectivity index is 2.04. The molecular formula is C15H19FN2OS. The van der Waals surface area contributed by atoms with Crippen molar-refractivity contribution < 1.29 is 9.13 Å². The fourth-order valence-corrected chi connectivity index (χ4v) is 2.78. The highest BCUT2D eigenvalue weighted by Gasteiger charge is 2.12. The SMILES string of the molecule is CNC(Cc1ccc(OC)c(F)c1)Cc1csc(C)n1. The van der Waals surface area contributed by atoms with Crippen LogP contribution in [0.5, 0.6) is 5.75 Å². The van der Waals surface area contributed by atoms with Gasteiger partial charge in [0.1, 0.15) is 0 Å². The Morgan fingerprint density at radius 3 is 2.75 bits per heavy atom. The second-order valence-electron chi connectivity index (χ2n) is 4.72. The lowest BCUT2D eigenvalue weighted by molar-refractivity contribution is 0.386. The third-order valence-electron chi connectivity index (χ3n) is 3.23. The average molecular weight is 294 g/mol. The van der Waals surface area contributed by atoms with Crippen molar-refractivity contribution in [2.24, 2.45) is 0 Å². The summed E-state index contributed by atoms with van der Waals surface area (Å²) in [6.07, 6.45) is 1.60. The van der Waals surface area contributed by atoms with Crippen LogP contribution in [0.3, 0.4) is 0 Å². The number of halogens is 1. The van der Waals surface area contributed by atoms with Gasteiger partial charge in [-0.05, 0) is 38.1 Å². The topological polar surface area (TPSA) is 34.1 Å². The Morgan fingerprint density at radius 2 is 2.20 bits per heavy atom. The number of ether oxygens (including phenoxy) is 1. The first-order valence-electron chi connectivity index (χ1n) is 6.53. The number of thiazole rings is 1. The molecule has 1 atom stereocenters. The summed E-state index contributed by atoms with van der Waals surface area (Å²) in [5.41, 5.74) is 2.04. The van der Waals surface area contributed by atoms with Crippen LogP contribution in [0.15, 0.2) is 23.6 Å². The number of hydrogen-bond donors (Lipinski definition) is 1. The van der Waals surface area contributed by atoms with E-state index in [0.29, 0.717) is 0 Å². The number of nitrogens with zero attached hydrogens (tertiary/aromatic N) is 1. The molecule has 0 radical (unpaired) electrons. The second-order valence-corrected chi connectivity index (χ2v) is 5.78. The van der Waals surface area contributed by atoms with Crippen molar-refractivity contribution in [2.75, 3.05) is 14.2 Å². The first-order chi connectivity index (χ1) is 9.62. The molecule has 0 fully saturated rings. The molecule has 0 spiro atoms. The third kappa shape index (κ3) is 3.77. The van der Waals surface area contributed by atoms with E-state index in [9.17, 15) is 4.39 Å². The number of hydrogen-bond acceptors (Lipinski definition) is 4. The van der Waals surface area contributed by atoms with E-state index in [0.717, 1.165) is 29.1 Å². The maximum absolute atomic E-state index is 13.7. The van der Waals surface area contributed by atoms with Gasteiger partial charge in [-0.25, -0.2) is 9.37 Å². The highest BCUT2D eigenvalue weighted by molar-refractivity contribution is 7.09. The molecule has 1 aromatic heterocycles. The van der Waals surface area contributed by atoms with E-state index >= 15 is 0 Å². The second kappa shape index (κ2) is 6.81. The van der Waals surface area contributed by atoms with Crippen LogP contribution in [-0.2, 0) is 12.8 Å². The van der Waals surface area contributed by atoms with Crippen LogP contribution >= 0.6 is 11.3 Å². The molecule has 1 heterocycles. The first kappa shape index (κ1) is 14.9. The predicted octanol–water partition coefficient (Wildman–Crippen LogP) is 2.97. The Morgan fingerprint density at radius 1 is 1.40 bits per heavy atom. The number of rotatable bonds is 6. The normalized spacial score (nSPS) is 12.4. The van der Waals surface area contributed by atoms with E-state index in [1.54, 1.807) is 17.4 Å². The van der Waals surface area contributed by atoms with E-state index in [2.05, 4.69) is 15.7 Å². The molecule has 0 saturated heterocycles. The lowest BCUT2D eigenvalue weighted by Crippen LogP contribution is -2.30. The highest BCUT2D eigenvalue weighted by atomic mass is 32.1. The van der Waals surface area contributed by atoms with Crippen LogP contribution in [0.1, 0.15) is 16.3 Å². The summed E-state index contributed by atoms with van der Waals surface area (Å²) in [7, 11) is 3.39. The lowest BCUT2D eigenvalue weighted by Gasteiger charge is -2.15. The maximum Gasteiger partial charge on any atom is 0.165 e. The monoisotopic (exact) mass is 294 g/mol. The van der Waals surface area contributed by atoms with Crippen molar-refractivity contribution in [3.05, 3.63) is 45.7 Å². The zero-order valence-corrected chi connectivity index (χ0v) is 12.8. The summed E-state index contributed by atoms with van der Waals surface area (Å²) in [6, 6.07) is 5.35. The van der Waals surface area contributed by atoms with Gasteiger partial charge in [-0.3, -0.25) is 0 Å². The fraction of sp³-hybridized carbons (Fsp3) is 0.400. The van der Waals surface area contributed by atoms with E-state index in [1.165, 1.54) is 13.2 Å². The Labute approximate surface area is 122 Å². The standard InChI is InChI=1S/C15H19FN2OS/c1-10-18-13(9-20-10)8-12(17-2)6-11-4-5-15(19-3)14(16)7-11/h4-5,7,9,12,17H,6,8H2,1-3H3. The quantitative estimate of drug-likeness (QED) is 0.889.